The Bertz CT molecular complexity index is 982. The highest BCUT2D eigenvalue weighted by molar-refractivity contribution is 7.12. The monoisotopic (exact) mass is 391 g/mol. The largest absolute Gasteiger partial charge is 0.480 e. The molecule has 0 saturated carbocycles. The third-order valence-corrected chi connectivity index (χ3v) is 5.34. The molecule has 0 fully saturated rings. The number of ether oxygens (including phenoxy) is 2. The Morgan fingerprint density at radius 1 is 1.14 bits per heavy atom. The van der Waals surface area contributed by atoms with Crippen LogP contribution in [-0.2, 0) is 11.3 Å². The molecule has 0 saturated heterocycles. The lowest BCUT2D eigenvalue weighted by atomic mass is 10.0. The quantitative estimate of drug-likeness (QED) is 0.613. The van der Waals surface area contributed by atoms with Gasteiger partial charge in [-0.1, -0.05) is 42.5 Å². The van der Waals surface area contributed by atoms with Crippen molar-refractivity contribution in [3.8, 4) is 5.75 Å². The van der Waals surface area contributed by atoms with Gasteiger partial charge in [-0.25, -0.2) is 0 Å². The first-order chi connectivity index (χ1) is 13.6. The Morgan fingerprint density at radius 2 is 2.00 bits per heavy atom. The molecule has 4 rings (SSSR count). The van der Waals surface area contributed by atoms with Crippen LogP contribution >= 0.6 is 11.3 Å². The van der Waals surface area contributed by atoms with Crippen molar-refractivity contribution in [1.29, 1.82) is 0 Å². The molecule has 142 valence electrons. The van der Waals surface area contributed by atoms with E-state index in [4.69, 9.17) is 9.47 Å². The number of thiophene rings is 1. The number of nitrogens with one attached hydrogen (secondary N) is 1. The van der Waals surface area contributed by atoms with Crippen molar-refractivity contribution >= 4 is 29.0 Å². The van der Waals surface area contributed by atoms with E-state index in [1.54, 1.807) is 0 Å². The molecule has 1 unspecified atom stereocenters. The van der Waals surface area contributed by atoms with Crippen LogP contribution in [0.4, 0.5) is 5.69 Å². The first-order valence-corrected chi connectivity index (χ1v) is 9.98. The van der Waals surface area contributed by atoms with Gasteiger partial charge in [0.1, 0.15) is 11.4 Å². The minimum absolute atomic E-state index is 0.102. The van der Waals surface area contributed by atoms with Crippen molar-refractivity contribution in [3.63, 3.8) is 0 Å². The number of carbonyl (C=O) groups excluding carboxylic acids is 1. The van der Waals surface area contributed by atoms with E-state index in [1.807, 2.05) is 85.1 Å². The van der Waals surface area contributed by atoms with Gasteiger partial charge in [0.2, 0.25) is 0 Å². The first kappa shape index (κ1) is 18.5. The van der Waals surface area contributed by atoms with Crippen molar-refractivity contribution < 1.29 is 14.3 Å². The van der Waals surface area contributed by atoms with Gasteiger partial charge in [0.25, 0.3) is 5.91 Å². The minimum atomic E-state index is -0.524. The zero-order valence-electron chi connectivity index (χ0n) is 15.6. The Hall–Kier alpha value is -2.89. The summed E-state index contributed by atoms with van der Waals surface area (Å²) in [5.74, 6) is 0.678. The van der Waals surface area contributed by atoms with Gasteiger partial charge in [0, 0.05) is 11.3 Å². The summed E-state index contributed by atoms with van der Waals surface area (Å²) in [5, 5.41) is 4.81. The maximum atomic E-state index is 12.2. The molecule has 5 heteroatoms. The van der Waals surface area contributed by atoms with Gasteiger partial charge < -0.3 is 14.8 Å². The summed E-state index contributed by atoms with van der Waals surface area (Å²) >= 11 is 1.42. The van der Waals surface area contributed by atoms with E-state index in [0.29, 0.717) is 18.1 Å². The Kier molecular flexibility index (Phi) is 5.28. The second-order valence-corrected chi connectivity index (χ2v) is 7.86. The maximum absolute atomic E-state index is 12.2. The van der Waals surface area contributed by atoms with Crippen LogP contribution in [0.1, 0.15) is 27.7 Å². The third kappa shape index (κ3) is 4.32. The van der Waals surface area contributed by atoms with E-state index in [1.165, 1.54) is 11.3 Å². The highest BCUT2D eigenvalue weighted by atomic mass is 32.1. The molecule has 1 aliphatic rings. The smallest absolute Gasteiger partial charge is 0.265 e. The topological polar surface area (TPSA) is 47.6 Å². The SMILES string of the molecule is CC1(COCc2ccccc2)C=Cc2cc(NC(=O)c3cccs3)ccc2O1. The van der Waals surface area contributed by atoms with Crippen molar-refractivity contribution in [2.45, 2.75) is 19.1 Å². The van der Waals surface area contributed by atoms with E-state index in [-0.39, 0.29) is 5.91 Å². The third-order valence-electron chi connectivity index (χ3n) is 4.47. The number of rotatable bonds is 6. The Labute approximate surface area is 168 Å². The average molecular weight is 391 g/mol. The average Bonchev–Trinajstić information content (AvgIpc) is 3.24. The molecule has 28 heavy (non-hydrogen) atoms. The molecule has 0 bridgehead atoms. The molecule has 0 aliphatic carbocycles. The fourth-order valence-corrected chi connectivity index (χ4v) is 3.64. The molecular formula is C23H21NO3S. The number of hydrogen-bond donors (Lipinski definition) is 1. The summed E-state index contributed by atoms with van der Waals surface area (Å²) < 4.78 is 12.0. The van der Waals surface area contributed by atoms with Gasteiger partial charge in [0.15, 0.2) is 0 Å². The molecular weight excluding hydrogens is 370 g/mol. The molecule has 1 N–H and O–H groups in total. The summed E-state index contributed by atoms with van der Waals surface area (Å²) in [6.07, 6.45) is 4.02. The molecule has 1 atom stereocenters. The zero-order chi connectivity index (χ0) is 19.4. The van der Waals surface area contributed by atoms with Crippen molar-refractivity contribution in [1.82, 2.24) is 0 Å². The molecule has 4 nitrogen and oxygen atoms in total. The van der Waals surface area contributed by atoms with Crippen LogP contribution in [0.15, 0.2) is 72.1 Å². The number of carbonyl (C=O) groups is 1. The molecule has 1 aliphatic heterocycles. The highest BCUT2D eigenvalue weighted by Gasteiger charge is 2.28. The highest BCUT2D eigenvalue weighted by Crippen LogP contribution is 2.33. The lowest BCUT2D eigenvalue weighted by Crippen LogP contribution is -2.37. The summed E-state index contributed by atoms with van der Waals surface area (Å²) in [6, 6.07) is 19.4. The van der Waals surface area contributed by atoms with Crippen LogP contribution in [0.2, 0.25) is 0 Å². The van der Waals surface area contributed by atoms with Crippen LogP contribution in [0.3, 0.4) is 0 Å². The number of anilines is 1. The van der Waals surface area contributed by atoms with Crippen LogP contribution in [0.5, 0.6) is 5.75 Å². The van der Waals surface area contributed by atoms with Gasteiger partial charge >= 0.3 is 0 Å². The molecule has 2 aromatic carbocycles. The first-order valence-electron chi connectivity index (χ1n) is 9.10. The van der Waals surface area contributed by atoms with Crippen molar-refractivity contribution in [2.24, 2.45) is 0 Å². The summed E-state index contributed by atoms with van der Waals surface area (Å²) in [5.41, 5.74) is 2.29. The lowest BCUT2D eigenvalue weighted by Gasteiger charge is -2.31. The lowest BCUT2D eigenvalue weighted by molar-refractivity contribution is 0.00632. The van der Waals surface area contributed by atoms with Crippen LogP contribution < -0.4 is 10.1 Å². The van der Waals surface area contributed by atoms with E-state index >= 15 is 0 Å². The number of amides is 1. The van der Waals surface area contributed by atoms with Gasteiger partial charge in [-0.05, 0) is 48.2 Å². The molecule has 3 aromatic rings. The van der Waals surface area contributed by atoms with Crippen LogP contribution in [0.25, 0.3) is 6.08 Å². The van der Waals surface area contributed by atoms with Gasteiger partial charge in [-0.3, -0.25) is 4.79 Å². The van der Waals surface area contributed by atoms with Gasteiger partial charge in [0.05, 0.1) is 18.1 Å². The fourth-order valence-electron chi connectivity index (χ4n) is 3.02. The van der Waals surface area contributed by atoms with E-state index < -0.39 is 5.60 Å². The minimum Gasteiger partial charge on any atom is -0.480 e. The van der Waals surface area contributed by atoms with Gasteiger partial charge in [-0.2, -0.15) is 0 Å². The van der Waals surface area contributed by atoms with Crippen molar-refractivity contribution in [3.05, 3.63) is 88.1 Å². The standard InChI is InChI=1S/C23H21NO3S/c1-23(16-26-15-17-6-3-2-4-7-17)12-11-18-14-19(9-10-20(18)27-23)24-22(25)21-8-5-13-28-21/h2-14H,15-16H2,1H3,(H,24,25). The molecule has 1 aromatic heterocycles. The molecule has 2 heterocycles. The number of hydrogen-bond acceptors (Lipinski definition) is 4. The fraction of sp³-hybridized carbons (Fsp3) is 0.174. The number of benzene rings is 2. The van der Waals surface area contributed by atoms with Crippen LogP contribution in [0, 0.1) is 0 Å². The Balaban J connectivity index is 1.39. The predicted molar refractivity (Wildman–Crippen MR) is 113 cm³/mol. The van der Waals surface area contributed by atoms with Gasteiger partial charge in [-0.15, -0.1) is 11.3 Å². The Morgan fingerprint density at radius 3 is 2.79 bits per heavy atom. The molecule has 0 radical (unpaired) electrons. The summed E-state index contributed by atoms with van der Waals surface area (Å²) in [6.45, 7) is 3.01. The number of fused-ring (bicyclic) bond motifs is 1. The normalized spacial score (nSPS) is 17.6. The summed E-state index contributed by atoms with van der Waals surface area (Å²) in [4.78, 5) is 12.9. The van der Waals surface area contributed by atoms with E-state index in [2.05, 4.69) is 5.32 Å². The van der Waals surface area contributed by atoms with E-state index in [0.717, 1.165) is 22.6 Å². The second kappa shape index (κ2) is 8.00. The predicted octanol–water partition coefficient (Wildman–Crippen LogP) is 5.38. The molecule has 1 amide bonds. The molecule has 0 spiro atoms. The van der Waals surface area contributed by atoms with E-state index in [9.17, 15) is 4.79 Å². The van der Waals surface area contributed by atoms with Crippen molar-refractivity contribution in [2.75, 3.05) is 11.9 Å². The maximum Gasteiger partial charge on any atom is 0.265 e. The summed E-state index contributed by atoms with van der Waals surface area (Å²) in [7, 11) is 0. The second-order valence-electron chi connectivity index (χ2n) is 6.91. The zero-order valence-corrected chi connectivity index (χ0v) is 16.4. The van der Waals surface area contributed by atoms with Crippen LogP contribution in [-0.4, -0.2) is 18.1 Å².